The molecule has 0 bridgehead atoms. The minimum atomic E-state index is -1.60. The summed E-state index contributed by atoms with van der Waals surface area (Å²) in [6, 6.07) is 9.58. The summed E-state index contributed by atoms with van der Waals surface area (Å²) in [6.45, 7) is -0.290. The maximum Gasteiger partial charge on any atom is 0.225 e. The Morgan fingerprint density at radius 2 is 1.96 bits per heavy atom. The standard InChI is InChI=1S/C19H21NO6/c21-9-15-16(22)17(23)18(24)19(26-15)14-7-11(3-4-13(14)10-25-19)6-12-2-1-5-20-8-12/h1-5,7-8,15-18,21-24H,6,9-10H2/t15-,16-,17+,18-,19?/m1/s1. The SMILES string of the molecule is OC[C@H]1OC2(OCc3ccc(Cc4cccnc4)cc32)[C@H](O)[C@@H](O)[C@@H]1O. The Hall–Kier alpha value is -1.87. The zero-order chi connectivity index (χ0) is 18.3. The zero-order valence-electron chi connectivity index (χ0n) is 14.0. The quantitative estimate of drug-likeness (QED) is 0.602. The molecule has 2 aliphatic heterocycles. The lowest BCUT2D eigenvalue weighted by Crippen LogP contribution is -2.63. The smallest absolute Gasteiger partial charge is 0.225 e. The lowest BCUT2D eigenvalue weighted by Gasteiger charge is -2.46. The maximum absolute atomic E-state index is 10.6. The molecule has 1 fully saturated rings. The molecule has 3 heterocycles. The summed E-state index contributed by atoms with van der Waals surface area (Å²) < 4.78 is 11.5. The van der Waals surface area contributed by atoms with Crippen LogP contribution in [-0.4, -0.2) is 56.4 Å². The van der Waals surface area contributed by atoms with Gasteiger partial charge < -0.3 is 29.9 Å². The Bertz CT molecular complexity index is 783. The lowest BCUT2D eigenvalue weighted by atomic mass is 9.86. The first kappa shape index (κ1) is 17.5. The summed E-state index contributed by atoms with van der Waals surface area (Å²) in [6.07, 6.45) is -1.28. The molecular weight excluding hydrogens is 338 g/mol. The molecule has 1 aromatic heterocycles. The van der Waals surface area contributed by atoms with E-state index in [2.05, 4.69) is 4.98 Å². The molecular formula is C19H21NO6. The monoisotopic (exact) mass is 359 g/mol. The van der Waals surface area contributed by atoms with Crippen LogP contribution in [0.25, 0.3) is 0 Å². The van der Waals surface area contributed by atoms with Gasteiger partial charge in [0.25, 0.3) is 0 Å². The molecule has 26 heavy (non-hydrogen) atoms. The van der Waals surface area contributed by atoms with Gasteiger partial charge in [0, 0.05) is 18.0 Å². The van der Waals surface area contributed by atoms with Crippen LogP contribution in [0.1, 0.15) is 22.3 Å². The van der Waals surface area contributed by atoms with Gasteiger partial charge in [-0.1, -0.05) is 18.2 Å². The van der Waals surface area contributed by atoms with E-state index in [9.17, 15) is 20.4 Å². The number of hydrogen-bond donors (Lipinski definition) is 4. The summed E-state index contributed by atoms with van der Waals surface area (Å²) >= 11 is 0. The van der Waals surface area contributed by atoms with Gasteiger partial charge in [0.15, 0.2) is 0 Å². The highest BCUT2D eigenvalue weighted by Crippen LogP contribution is 2.46. The Morgan fingerprint density at radius 1 is 1.12 bits per heavy atom. The molecule has 0 amide bonds. The summed E-state index contributed by atoms with van der Waals surface area (Å²) in [5.74, 6) is -1.60. The van der Waals surface area contributed by atoms with Crippen molar-refractivity contribution < 1.29 is 29.9 Å². The van der Waals surface area contributed by atoms with Gasteiger partial charge >= 0.3 is 0 Å². The van der Waals surface area contributed by atoms with E-state index in [1.54, 1.807) is 12.4 Å². The summed E-state index contributed by atoms with van der Waals surface area (Å²) in [7, 11) is 0. The van der Waals surface area contributed by atoms with Crippen molar-refractivity contribution in [1.82, 2.24) is 4.98 Å². The van der Waals surface area contributed by atoms with E-state index in [0.29, 0.717) is 12.0 Å². The van der Waals surface area contributed by atoms with Crippen molar-refractivity contribution >= 4 is 0 Å². The maximum atomic E-state index is 10.6. The summed E-state index contributed by atoms with van der Waals surface area (Å²) in [5, 5.41) is 40.3. The van der Waals surface area contributed by atoms with Crippen LogP contribution < -0.4 is 0 Å². The molecule has 1 unspecified atom stereocenters. The Balaban J connectivity index is 1.70. The number of fused-ring (bicyclic) bond motifs is 2. The van der Waals surface area contributed by atoms with Crippen molar-refractivity contribution in [3.05, 3.63) is 65.0 Å². The molecule has 1 spiro atoms. The minimum Gasteiger partial charge on any atom is -0.394 e. The number of pyridine rings is 1. The van der Waals surface area contributed by atoms with Gasteiger partial charge in [-0.25, -0.2) is 0 Å². The summed E-state index contributed by atoms with van der Waals surface area (Å²) in [4.78, 5) is 4.11. The number of aliphatic hydroxyl groups excluding tert-OH is 4. The predicted molar refractivity (Wildman–Crippen MR) is 89.9 cm³/mol. The van der Waals surface area contributed by atoms with Crippen LogP contribution in [0, 0.1) is 0 Å². The number of aliphatic hydroxyl groups is 4. The molecule has 7 nitrogen and oxygen atoms in total. The van der Waals surface area contributed by atoms with E-state index in [4.69, 9.17) is 9.47 Å². The number of rotatable bonds is 3. The molecule has 4 N–H and O–H groups in total. The number of benzene rings is 1. The molecule has 138 valence electrons. The third-order valence-corrected chi connectivity index (χ3v) is 5.07. The van der Waals surface area contributed by atoms with Crippen LogP contribution in [0.2, 0.25) is 0 Å². The van der Waals surface area contributed by atoms with Crippen LogP contribution in [0.15, 0.2) is 42.7 Å². The average molecular weight is 359 g/mol. The fraction of sp³-hybridized carbons (Fsp3) is 0.421. The van der Waals surface area contributed by atoms with Crippen molar-refractivity contribution in [1.29, 1.82) is 0 Å². The molecule has 0 aliphatic carbocycles. The third-order valence-electron chi connectivity index (χ3n) is 5.07. The fourth-order valence-corrected chi connectivity index (χ4v) is 3.67. The van der Waals surface area contributed by atoms with Gasteiger partial charge in [-0.2, -0.15) is 0 Å². The first-order valence-corrected chi connectivity index (χ1v) is 8.53. The van der Waals surface area contributed by atoms with Gasteiger partial charge in [-0.15, -0.1) is 0 Å². The van der Waals surface area contributed by atoms with Crippen molar-refractivity contribution in [2.45, 2.75) is 43.2 Å². The average Bonchev–Trinajstić information content (AvgIpc) is 3.03. The van der Waals surface area contributed by atoms with E-state index in [1.165, 1.54) is 0 Å². The van der Waals surface area contributed by atoms with Crippen molar-refractivity contribution in [2.24, 2.45) is 0 Å². The van der Waals surface area contributed by atoms with Crippen LogP contribution in [0.5, 0.6) is 0 Å². The third kappa shape index (κ3) is 2.73. The number of hydrogen-bond acceptors (Lipinski definition) is 7. The van der Waals surface area contributed by atoms with Gasteiger partial charge in [-0.3, -0.25) is 4.98 Å². The highest BCUT2D eigenvalue weighted by atomic mass is 16.7. The Morgan fingerprint density at radius 3 is 2.69 bits per heavy atom. The normalized spacial score (nSPS) is 33.4. The number of nitrogens with zero attached hydrogens (tertiary/aromatic N) is 1. The molecule has 4 rings (SSSR count). The molecule has 5 atom stereocenters. The largest absolute Gasteiger partial charge is 0.394 e. The fourth-order valence-electron chi connectivity index (χ4n) is 3.67. The van der Waals surface area contributed by atoms with E-state index in [-0.39, 0.29) is 6.61 Å². The van der Waals surface area contributed by atoms with Crippen molar-refractivity contribution in [2.75, 3.05) is 6.61 Å². The second-order valence-corrected chi connectivity index (χ2v) is 6.75. The van der Waals surface area contributed by atoms with Gasteiger partial charge in [0.2, 0.25) is 5.79 Å². The van der Waals surface area contributed by atoms with Crippen LogP contribution in [0.3, 0.4) is 0 Å². The van der Waals surface area contributed by atoms with Crippen LogP contribution in [-0.2, 0) is 28.3 Å². The van der Waals surface area contributed by atoms with E-state index in [1.807, 2.05) is 30.3 Å². The van der Waals surface area contributed by atoms with E-state index in [0.717, 1.165) is 16.7 Å². The zero-order valence-corrected chi connectivity index (χ0v) is 14.0. The highest BCUT2D eigenvalue weighted by Gasteiger charge is 2.58. The molecule has 0 radical (unpaired) electrons. The van der Waals surface area contributed by atoms with Crippen LogP contribution >= 0.6 is 0 Å². The van der Waals surface area contributed by atoms with Gasteiger partial charge in [-0.05, 0) is 35.2 Å². The second kappa shape index (κ2) is 6.70. The second-order valence-electron chi connectivity index (χ2n) is 6.75. The molecule has 1 saturated heterocycles. The predicted octanol–water partition coefficient (Wildman–Crippen LogP) is -0.171. The van der Waals surface area contributed by atoms with Gasteiger partial charge in [0.05, 0.1) is 13.2 Å². The topological polar surface area (TPSA) is 112 Å². The molecule has 2 aromatic rings. The minimum absolute atomic E-state index is 0.209. The lowest BCUT2D eigenvalue weighted by molar-refractivity contribution is -0.368. The Labute approximate surface area is 150 Å². The van der Waals surface area contributed by atoms with Gasteiger partial charge in [0.1, 0.15) is 24.4 Å². The summed E-state index contributed by atoms with van der Waals surface area (Å²) in [5.41, 5.74) is 3.45. The molecule has 7 heteroatoms. The van der Waals surface area contributed by atoms with E-state index >= 15 is 0 Å². The van der Waals surface area contributed by atoms with E-state index < -0.39 is 36.8 Å². The molecule has 0 saturated carbocycles. The first-order chi connectivity index (χ1) is 12.5. The highest BCUT2D eigenvalue weighted by molar-refractivity contribution is 5.40. The van der Waals surface area contributed by atoms with Crippen molar-refractivity contribution in [3.63, 3.8) is 0 Å². The Kier molecular flexibility index (Phi) is 4.52. The molecule has 1 aromatic carbocycles. The number of ether oxygens (including phenoxy) is 2. The van der Waals surface area contributed by atoms with Crippen LogP contribution in [0.4, 0.5) is 0 Å². The number of aromatic nitrogens is 1. The first-order valence-electron chi connectivity index (χ1n) is 8.53. The molecule has 2 aliphatic rings. The van der Waals surface area contributed by atoms with Crippen molar-refractivity contribution in [3.8, 4) is 0 Å².